The lowest BCUT2D eigenvalue weighted by atomic mass is 10.2. The van der Waals surface area contributed by atoms with E-state index in [0.717, 1.165) is 0 Å². The van der Waals surface area contributed by atoms with Crippen molar-refractivity contribution < 1.29 is 8.42 Å². The summed E-state index contributed by atoms with van der Waals surface area (Å²) in [6.07, 6.45) is 0. The van der Waals surface area contributed by atoms with Gasteiger partial charge >= 0.3 is 0 Å². The quantitative estimate of drug-likeness (QED) is 0.464. The van der Waals surface area contributed by atoms with Gasteiger partial charge in [0.15, 0.2) is 14.9 Å². The van der Waals surface area contributed by atoms with E-state index < -0.39 is 9.84 Å². The number of thiocarbonyl (C=S) groups is 1. The SMILES string of the molecule is O=S1(=O)CC2NC(=S)NC2C1. The average Bonchev–Trinajstić information content (AvgIpc) is 2.17. The molecule has 0 aromatic rings. The van der Waals surface area contributed by atoms with Gasteiger partial charge < -0.3 is 10.6 Å². The summed E-state index contributed by atoms with van der Waals surface area (Å²) in [6, 6.07) is 0.0139. The van der Waals surface area contributed by atoms with Crippen molar-refractivity contribution in [3.8, 4) is 0 Å². The highest BCUT2D eigenvalue weighted by atomic mass is 32.2. The zero-order valence-corrected chi connectivity index (χ0v) is 7.33. The molecule has 6 heteroatoms. The molecule has 2 heterocycles. The monoisotopic (exact) mass is 192 g/mol. The van der Waals surface area contributed by atoms with Crippen molar-refractivity contribution in [2.24, 2.45) is 0 Å². The van der Waals surface area contributed by atoms with Gasteiger partial charge in [0.2, 0.25) is 0 Å². The second kappa shape index (κ2) is 2.07. The van der Waals surface area contributed by atoms with Crippen LogP contribution in [0.2, 0.25) is 0 Å². The lowest BCUT2D eigenvalue weighted by Gasteiger charge is -2.02. The Kier molecular flexibility index (Phi) is 1.37. The van der Waals surface area contributed by atoms with Gasteiger partial charge in [-0.15, -0.1) is 0 Å². The summed E-state index contributed by atoms with van der Waals surface area (Å²) in [5.41, 5.74) is 0. The van der Waals surface area contributed by atoms with E-state index >= 15 is 0 Å². The average molecular weight is 192 g/mol. The highest BCUT2D eigenvalue weighted by Gasteiger charge is 2.42. The molecule has 0 aromatic heterocycles. The minimum atomic E-state index is -2.81. The molecule has 0 aliphatic carbocycles. The van der Waals surface area contributed by atoms with Crippen LogP contribution in [0.25, 0.3) is 0 Å². The number of hydrogen-bond donors (Lipinski definition) is 2. The van der Waals surface area contributed by atoms with E-state index in [-0.39, 0.29) is 23.6 Å². The second-order valence-electron chi connectivity index (χ2n) is 2.91. The van der Waals surface area contributed by atoms with E-state index in [2.05, 4.69) is 10.6 Å². The molecule has 2 unspecified atom stereocenters. The fourth-order valence-electron chi connectivity index (χ4n) is 1.51. The third-order valence-corrected chi connectivity index (χ3v) is 3.96. The van der Waals surface area contributed by atoms with Crippen LogP contribution >= 0.6 is 12.2 Å². The molecule has 2 N–H and O–H groups in total. The molecule has 0 spiro atoms. The maximum absolute atomic E-state index is 11.0. The molecule has 2 aliphatic rings. The highest BCUT2D eigenvalue weighted by molar-refractivity contribution is 7.91. The standard InChI is InChI=1S/C5H8N2O2S2/c8-11(9)1-3-4(2-11)7-5(10)6-3/h3-4H,1-2H2,(H2,6,7,10). The van der Waals surface area contributed by atoms with Gasteiger partial charge in [-0.25, -0.2) is 8.42 Å². The smallest absolute Gasteiger partial charge is 0.166 e. The Morgan fingerprint density at radius 2 is 1.73 bits per heavy atom. The highest BCUT2D eigenvalue weighted by Crippen LogP contribution is 2.15. The van der Waals surface area contributed by atoms with Crippen LogP contribution in [0.3, 0.4) is 0 Å². The molecule has 0 saturated carbocycles. The summed E-state index contributed by atoms with van der Waals surface area (Å²) in [4.78, 5) is 0. The molecule has 2 rings (SSSR count). The summed E-state index contributed by atoms with van der Waals surface area (Å²) >= 11 is 4.83. The molecular weight excluding hydrogens is 184 g/mol. The fraction of sp³-hybridized carbons (Fsp3) is 0.800. The van der Waals surface area contributed by atoms with Gasteiger partial charge in [-0.05, 0) is 12.2 Å². The van der Waals surface area contributed by atoms with Crippen molar-refractivity contribution in [2.75, 3.05) is 11.5 Å². The molecule has 0 radical (unpaired) electrons. The van der Waals surface area contributed by atoms with Crippen LogP contribution in [0.1, 0.15) is 0 Å². The normalized spacial score (nSPS) is 39.5. The Morgan fingerprint density at radius 3 is 2.18 bits per heavy atom. The molecule has 11 heavy (non-hydrogen) atoms. The van der Waals surface area contributed by atoms with Crippen molar-refractivity contribution in [3.63, 3.8) is 0 Å². The fourth-order valence-corrected chi connectivity index (χ4v) is 3.67. The zero-order chi connectivity index (χ0) is 8.06. The predicted octanol–water partition coefficient (Wildman–Crippen LogP) is -1.37. The minimum absolute atomic E-state index is 0.00694. The Hall–Kier alpha value is -0.360. The summed E-state index contributed by atoms with van der Waals surface area (Å²) in [5, 5.41) is 6.40. The molecule has 2 fully saturated rings. The van der Waals surface area contributed by atoms with Crippen molar-refractivity contribution >= 4 is 27.2 Å². The van der Waals surface area contributed by atoms with Crippen molar-refractivity contribution in [1.82, 2.24) is 10.6 Å². The van der Waals surface area contributed by atoms with Crippen LogP contribution in [0.5, 0.6) is 0 Å². The third kappa shape index (κ3) is 1.20. The largest absolute Gasteiger partial charge is 0.357 e. The van der Waals surface area contributed by atoms with E-state index in [1.54, 1.807) is 0 Å². The van der Waals surface area contributed by atoms with Crippen LogP contribution in [0, 0.1) is 0 Å². The Bertz CT molecular complexity index is 276. The van der Waals surface area contributed by atoms with Gasteiger partial charge in [-0.2, -0.15) is 0 Å². The van der Waals surface area contributed by atoms with E-state index in [0.29, 0.717) is 5.11 Å². The molecule has 2 saturated heterocycles. The van der Waals surface area contributed by atoms with Gasteiger partial charge in [0.05, 0.1) is 23.6 Å². The maximum Gasteiger partial charge on any atom is 0.166 e. The number of nitrogens with one attached hydrogen (secondary N) is 2. The molecule has 0 amide bonds. The Labute approximate surface area is 70.3 Å². The molecule has 2 aliphatic heterocycles. The molecule has 4 nitrogen and oxygen atoms in total. The summed E-state index contributed by atoms with van der Waals surface area (Å²) in [7, 11) is -2.81. The van der Waals surface area contributed by atoms with Crippen molar-refractivity contribution in [3.05, 3.63) is 0 Å². The summed E-state index contributed by atoms with van der Waals surface area (Å²) in [5.74, 6) is 0.426. The molecule has 0 bridgehead atoms. The number of fused-ring (bicyclic) bond motifs is 1. The third-order valence-electron chi connectivity index (χ3n) is 1.99. The van der Waals surface area contributed by atoms with Crippen molar-refractivity contribution in [1.29, 1.82) is 0 Å². The van der Waals surface area contributed by atoms with E-state index in [9.17, 15) is 8.42 Å². The number of hydrogen-bond acceptors (Lipinski definition) is 3. The van der Waals surface area contributed by atoms with Crippen LogP contribution in [-0.2, 0) is 9.84 Å². The first-order chi connectivity index (χ1) is 5.07. The molecule has 0 aromatic carbocycles. The Balaban J connectivity index is 2.22. The van der Waals surface area contributed by atoms with Gasteiger partial charge in [0.25, 0.3) is 0 Å². The predicted molar refractivity (Wildman–Crippen MR) is 45.1 cm³/mol. The molecule has 62 valence electrons. The van der Waals surface area contributed by atoms with E-state index in [1.165, 1.54) is 0 Å². The first kappa shape index (κ1) is 7.30. The summed E-state index contributed by atoms with van der Waals surface area (Å²) in [6.45, 7) is 0. The number of sulfone groups is 1. The first-order valence-corrected chi connectivity index (χ1v) is 5.57. The van der Waals surface area contributed by atoms with Gasteiger partial charge in [-0.1, -0.05) is 0 Å². The lowest BCUT2D eigenvalue weighted by Crippen LogP contribution is -2.31. The van der Waals surface area contributed by atoms with Gasteiger partial charge in [0.1, 0.15) is 0 Å². The van der Waals surface area contributed by atoms with Gasteiger partial charge in [-0.3, -0.25) is 0 Å². The summed E-state index contributed by atoms with van der Waals surface area (Å²) < 4.78 is 22.1. The second-order valence-corrected chi connectivity index (χ2v) is 5.47. The van der Waals surface area contributed by atoms with Gasteiger partial charge in [0, 0.05) is 0 Å². The zero-order valence-electron chi connectivity index (χ0n) is 5.70. The van der Waals surface area contributed by atoms with Crippen LogP contribution < -0.4 is 10.6 Å². The topological polar surface area (TPSA) is 58.2 Å². The number of rotatable bonds is 0. The van der Waals surface area contributed by atoms with Crippen LogP contribution in [0.4, 0.5) is 0 Å². The van der Waals surface area contributed by atoms with Crippen molar-refractivity contribution in [2.45, 2.75) is 12.1 Å². The maximum atomic E-state index is 11.0. The molecular formula is C5H8N2O2S2. The van der Waals surface area contributed by atoms with Crippen LogP contribution in [-0.4, -0.2) is 37.1 Å². The van der Waals surface area contributed by atoms with E-state index in [4.69, 9.17) is 12.2 Å². The Morgan fingerprint density at radius 1 is 1.27 bits per heavy atom. The lowest BCUT2D eigenvalue weighted by molar-refractivity contribution is 0.600. The minimum Gasteiger partial charge on any atom is -0.357 e. The van der Waals surface area contributed by atoms with Crippen LogP contribution in [0.15, 0.2) is 0 Å². The first-order valence-electron chi connectivity index (χ1n) is 3.34. The van der Waals surface area contributed by atoms with E-state index in [1.807, 2.05) is 0 Å². The molecule has 2 atom stereocenters.